The molecule has 0 heterocycles. The van der Waals surface area contributed by atoms with Gasteiger partial charge >= 0.3 is 5.97 Å². The van der Waals surface area contributed by atoms with Gasteiger partial charge in [0.25, 0.3) is 0 Å². The van der Waals surface area contributed by atoms with Crippen LogP contribution in [0.25, 0.3) is 0 Å². The fourth-order valence-electron chi connectivity index (χ4n) is 1.28. The van der Waals surface area contributed by atoms with E-state index < -0.39 is 16.0 Å². The largest absolute Gasteiger partial charge is 0.478 e. The molecule has 0 bridgehead atoms. The highest BCUT2D eigenvalue weighted by Gasteiger charge is 2.15. The number of sulfonamides is 1. The number of aromatic carboxylic acids is 1. The Kier molecular flexibility index (Phi) is 6.99. The Morgan fingerprint density at radius 1 is 1.37 bits per heavy atom. The van der Waals surface area contributed by atoms with Crippen LogP contribution in [-0.4, -0.2) is 51.6 Å². The van der Waals surface area contributed by atoms with Crippen LogP contribution in [0, 0.1) is 0 Å². The third kappa shape index (κ3) is 5.56. The molecule has 0 saturated heterocycles. The maximum absolute atomic E-state index is 11.9. The first-order valence-corrected chi connectivity index (χ1v) is 6.79. The van der Waals surface area contributed by atoms with Crippen molar-refractivity contribution in [2.75, 3.05) is 27.2 Å². The number of benzene rings is 1. The number of hydrogen-bond acceptors (Lipinski definition) is 4. The van der Waals surface area contributed by atoms with Crippen molar-refractivity contribution in [2.24, 2.45) is 0 Å². The van der Waals surface area contributed by atoms with Crippen LogP contribution in [0.1, 0.15) is 10.4 Å². The first-order chi connectivity index (χ1) is 8.33. The topological polar surface area (TPSA) is 86.7 Å². The zero-order valence-corrected chi connectivity index (χ0v) is 12.3. The Labute approximate surface area is 118 Å². The van der Waals surface area contributed by atoms with Gasteiger partial charge in [0.1, 0.15) is 0 Å². The van der Waals surface area contributed by atoms with Crippen LogP contribution in [0.2, 0.25) is 0 Å². The van der Waals surface area contributed by atoms with Gasteiger partial charge in [-0.3, -0.25) is 0 Å². The molecule has 0 amide bonds. The summed E-state index contributed by atoms with van der Waals surface area (Å²) in [6.45, 7) is 0.838. The minimum atomic E-state index is -3.65. The van der Waals surface area contributed by atoms with E-state index in [-0.39, 0.29) is 29.4 Å². The summed E-state index contributed by atoms with van der Waals surface area (Å²) in [6, 6.07) is 5.26. The summed E-state index contributed by atoms with van der Waals surface area (Å²) in [5.41, 5.74) is -0.0505. The van der Waals surface area contributed by atoms with Gasteiger partial charge in [0.05, 0.1) is 10.5 Å². The first kappa shape index (κ1) is 17.8. The van der Waals surface area contributed by atoms with Crippen molar-refractivity contribution in [3.63, 3.8) is 0 Å². The van der Waals surface area contributed by atoms with Gasteiger partial charge in [-0.05, 0) is 32.3 Å². The van der Waals surface area contributed by atoms with Crippen molar-refractivity contribution in [1.29, 1.82) is 0 Å². The molecular formula is C11H17ClN2O4S. The van der Waals surface area contributed by atoms with Crippen LogP contribution in [0.15, 0.2) is 29.2 Å². The normalized spacial score (nSPS) is 11.1. The number of halogens is 1. The van der Waals surface area contributed by atoms with Gasteiger partial charge in [-0.2, -0.15) is 0 Å². The second-order valence-corrected chi connectivity index (χ2v) is 5.80. The molecule has 0 aromatic heterocycles. The van der Waals surface area contributed by atoms with Crippen molar-refractivity contribution in [2.45, 2.75) is 4.90 Å². The zero-order chi connectivity index (χ0) is 13.8. The van der Waals surface area contributed by atoms with E-state index in [1.807, 2.05) is 19.0 Å². The molecule has 0 saturated carbocycles. The molecule has 1 rings (SSSR count). The lowest BCUT2D eigenvalue weighted by Gasteiger charge is -2.11. The molecule has 0 unspecified atom stereocenters. The number of hydrogen-bond donors (Lipinski definition) is 2. The molecule has 1 aromatic rings. The monoisotopic (exact) mass is 308 g/mol. The molecule has 6 nitrogen and oxygen atoms in total. The number of carbonyl (C=O) groups is 1. The fraction of sp³-hybridized carbons (Fsp3) is 0.364. The lowest BCUT2D eigenvalue weighted by molar-refractivity contribution is 0.0696. The Morgan fingerprint density at radius 3 is 2.53 bits per heavy atom. The highest BCUT2D eigenvalue weighted by Crippen LogP contribution is 2.11. The van der Waals surface area contributed by atoms with E-state index in [2.05, 4.69) is 4.72 Å². The molecule has 0 atom stereocenters. The molecular weight excluding hydrogens is 292 g/mol. The summed E-state index contributed by atoms with van der Waals surface area (Å²) >= 11 is 0. The Morgan fingerprint density at radius 2 is 2.00 bits per heavy atom. The van der Waals surface area contributed by atoms with E-state index >= 15 is 0 Å². The van der Waals surface area contributed by atoms with Gasteiger partial charge in [0, 0.05) is 13.1 Å². The van der Waals surface area contributed by atoms with Gasteiger partial charge in [-0.25, -0.2) is 17.9 Å². The predicted molar refractivity (Wildman–Crippen MR) is 74.4 cm³/mol. The van der Waals surface area contributed by atoms with Crippen LogP contribution in [0.3, 0.4) is 0 Å². The minimum absolute atomic E-state index is 0. The molecule has 8 heteroatoms. The van der Waals surface area contributed by atoms with Crippen LogP contribution in [0.5, 0.6) is 0 Å². The van der Waals surface area contributed by atoms with Crippen molar-refractivity contribution >= 4 is 28.4 Å². The van der Waals surface area contributed by atoms with Gasteiger partial charge in [0.2, 0.25) is 10.0 Å². The van der Waals surface area contributed by atoms with E-state index in [4.69, 9.17) is 5.11 Å². The second kappa shape index (κ2) is 7.44. The lowest BCUT2D eigenvalue weighted by Crippen LogP contribution is -2.31. The van der Waals surface area contributed by atoms with Crippen LogP contribution >= 0.6 is 12.4 Å². The van der Waals surface area contributed by atoms with Crippen molar-refractivity contribution in [1.82, 2.24) is 9.62 Å². The molecule has 0 aliphatic carbocycles. The average molecular weight is 309 g/mol. The standard InChI is InChI=1S/C11H16N2O4S.ClH/c1-13(2)7-6-12-18(16,17)10-5-3-4-9(8-10)11(14)15;/h3-5,8,12H,6-7H2,1-2H3,(H,14,15);1H. The number of rotatable bonds is 6. The third-order valence-corrected chi connectivity index (χ3v) is 3.70. The molecule has 0 fully saturated rings. The van der Waals surface area contributed by atoms with Gasteiger partial charge in [-0.15, -0.1) is 12.4 Å². The fourth-order valence-corrected chi connectivity index (χ4v) is 2.35. The minimum Gasteiger partial charge on any atom is -0.478 e. The van der Waals surface area contributed by atoms with Gasteiger partial charge in [0.15, 0.2) is 0 Å². The number of carboxylic acid groups (broad SMARTS) is 1. The predicted octanol–water partition coefficient (Wildman–Crippen LogP) is 0.647. The quantitative estimate of drug-likeness (QED) is 0.805. The zero-order valence-electron chi connectivity index (χ0n) is 10.7. The summed E-state index contributed by atoms with van der Waals surface area (Å²) in [5.74, 6) is -1.15. The molecule has 2 N–H and O–H groups in total. The SMILES string of the molecule is CN(C)CCNS(=O)(=O)c1cccc(C(=O)O)c1.Cl. The van der Waals surface area contributed by atoms with Crippen LogP contribution in [0.4, 0.5) is 0 Å². The second-order valence-electron chi connectivity index (χ2n) is 4.03. The first-order valence-electron chi connectivity index (χ1n) is 5.30. The molecule has 0 aliphatic heterocycles. The van der Waals surface area contributed by atoms with Crippen molar-refractivity contribution < 1.29 is 18.3 Å². The number of nitrogens with zero attached hydrogens (tertiary/aromatic N) is 1. The highest BCUT2D eigenvalue weighted by molar-refractivity contribution is 7.89. The number of nitrogens with one attached hydrogen (secondary N) is 1. The van der Waals surface area contributed by atoms with E-state index in [9.17, 15) is 13.2 Å². The average Bonchev–Trinajstić information content (AvgIpc) is 2.28. The third-order valence-electron chi connectivity index (χ3n) is 2.24. The van der Waals surface area contributed by atoms with E-state index in [1.54, 1.807) is 0 Å². The molecule has 0 radical (unpaired) electrons. The maximum Gasteiger partial charge on any atom is 0.335 e. The highest BCUT2D eigenvalue weighted by atomic mass is 35.5. The molecule has 1 aromatic carbocycles. The van der Waals surface area contributed by atoms with Gasteiger partial charge in [-0.1, -0.05) is 6.07 Å². The Bertz CT molecular complexity index is 531. The summed E-state index contributed by atoms with van der Waals surface area (Å²) in [7, 11) is 0.0134. The number of carboxylic acids is 1. The van der Waals surface area contributed by atoms with E-state index in [0.29, 0.717) is 6.54 Å². The number of likely N-dealkylation sites (N-methyl/N-ethyl adjacent to an activating group) is 1. The maximum atomic E-state index is 11.9. The van der Waals surface area contributed by atoms with Crippen LogP contribution in [-0.2, 0) is 10.0 Å². The Hall–Kier alpha value is -1.15. The Balaban J connectivity index is 0.00000324. The molecule has 0 aliphatic rings. The van der Waals surface area contributed by atoms with Crippen molar-refractivity contribution in [3.8, 4) is 0 Å². The molecule has 19 heavy (non-hydrogen) atoms. The molecule has 108 valence electrons. The summed E-state index contributed by atoms with van der Waals surface area (Å²) < 4.78 is 26.1. The summed E-state index contributed by atoms with van der Waals surface area (Å²) in [6.07, 6.45) is 0. The van der Waals surface area contributed by atoms with Gasteiger partial charge < -0.3 is 10.0 Å². The van der Waals surface area contributed by atoms with Crippen LogP contribution < -0.4 is 4.72 Å². The summed E-state index contributed by atoms with van der Waals surface area (Å²) in [4.78, 5) is 12.6. The lowest BCUT2D eigenvalue weighted by atomic mass is 10.2. The van der Waals surface area contributed by atoms with E-state index in [1.165, 1.54) is 18.2 Å². The molecule has 0 spiro atoms. The smallest absolute Gasteiger partial charge is 0.335 e. The van der Waals surface area contributed by atoms with Crippen molar-refractivity contribution in [3.05, 3.63) is 29.8 Å². The van der Waals surface area contributed by atoms with E-state index in [0.717, 1.165) is 6.07 Å². The summed E-state index contributed by atoms with van der Waals surface area (Å²) in [5, 5.41) is 8.80.